The number of aromatic nitrogens is 5. The third-order valence-electron chi connectivity index (χ3n) is 5.96. The molecule has 4 heterocycles. The zero-order chi connectivity index (χ0) is 22.2. The predicted octanol–water partition coefficient (Wildman–Crippen LogP) is 2.32. The molecule has 9 heteroatoms. The number of anilines is 3. The number of fused-ring (bicyclic) bond motifs is 1. The molecule has 1 aromatic carbocycles. The van der Waals surface area contributed by atoms with Gasteiger partial charge in [-0.1, -0.05) is 6.07 Å². The Hall–Kier alpha value is -3.72. The van der Waals surface area contributed by atoms with Crippen LogP contribution in [-0.4, -0.2) is 62.4 Å². The van der Waals surface area contributed by atoms with Crippen LogP contribution in [0.25, 0.3) is 16.9 Å². The Morgan fingerprint density at radius 3 is 2.53 bits per heavy atom. The van der Waals surface area contributed by atoms with E-state index in [2.05, 4.69) is 56.2 Å². The molecule has 1 fully saturated rings. The summed E-state index contributed by atoms with van der Waals surface area (Å²) in [6.45, 7) is 6.33. The van der Waals surface area contributed by atoms with Crippen LogP contribution in [0.15, 0.2) is 53.6 Å². The van der Waals surface area contributed by atoms with Gasteiger partial charge in [-0.15, -0.1) is 0 Å². The number of rotatable bonds is 4. The number of nitrogens with zero attached hydrogens (tertiary/aromatic N) is 7. The molecule has 164 valence electrons. The summed E-state index contributed by atoms with van der Waals surface area (Å²) in [5.41, 5.74) is 3.71. The van der Waals surface area contributed by atoms with Crippen LogP contribution in [0.1, 0.15) is 5.56 Å². The highest BCUT2D eigenvalue weighted by Gasteiger charge is 2.17. The van der Waals surface area contributed by atoms with E-state index >= 15 is 0 Å². The Morgan fingerprint density at radius 1 is 1.00 bits per heavy atom. The van der Waals surface area contributed by atoms with Gasteiger partial charge in [0.1, 0.15) is 5.39 Å². The van der Waals surface area contributed by atoms with E-state index in [9.17, 15) is 4.79 Å². The number of likely N-dealkylation sites (N-methyl/N-ethyl adjacent to an activating group) is 1. The van der Waals surface area contributed by atoms with Crippen molar-refractivity contribution in [3.8, 4) is 5.82 Å². The lowest BCUT2D eigenvalue weighted by molar-refractivity contribution is 0.312. The molecule has 0 radical (unpaired) electrons. The number of nitrogens with one attached hydrogen (secondary N) is 1. The second-order valence-corrected chi connectivity index (χ2v) is 8.18. The Balaban J connectivity index is 1.46. The number of hydrogen-bond acceptors (Lipinski definition) is 7. The van der Waals surface area contributed by atoms with E-state index in [1.807, 2.05) is 24.3 Å². The number of benzene rings is 1. The topological polar surface area (TPSA) is 84.1 Å². The summed E-state index contributed by atoms with van der Waals surface area (Å²) in [5, 5.41) is 3.74. The lowest BCUT2D eigenvalue weighted by Crippen LogP contribution is -2.44. The summed E-state index contributed by atoms with van der Waals surface area (Å²) in [7, 11) is 3.86. The molecule has 1 saturated heterocycles. The molecule has 32 heavy (non-hydrogen) atoms. The number of aryl methyl sites for hydroxylation is 1. The van der Waals surface area contributed by atoms with Gasteiger partial charge in [0.05, 0.1) is 0 Å². The highest BCUT2D eigenvalue weighted by Crippen LogP contribution is 2.26. The lowest BCUT2D eigenvalue weighted by Gasteiger charge is -2.35. The lowest BCUT2D eigenvalue weighted by atomic mass is 10.1. The van der Waals surface area contributed by atoms with Crippen molar-refractivity contribution in [2.24, 2.45) is 7.05 Å². The third-order valence-corrected chi connectivity index (χ3v) is 5.96. The van der Waals surface area contributed by atoms with Crippen molar-refractivity contribution in [1.82, 2.24) is 29.2 Å². The van der Waals surface area contributed by atoms with Gasteiger partial charge < -0.3 is 15.1 Å². The first kappa shape index (κ1) is 20.2. The minimum Gasteiger partial charge on any atom is -0.369 e. The fourth-order valence-electron chi connectivity index (χ4n) is 4.16. The number of hydrogen-bond donors (Lipinski definition) is 1. The van der Waals surface area contributed by atoms with E-state index in [-0.39, 0.29) is 5.56 Å². The van der Waals surface area contributed by atoms with Gasteiger partial charge in [0, 0.05) is 57.0 Å². The van der Waals surface area contributed by atoms with Gasteiger partial charge in [0.25, 0.3) is 5.56 Å². The van der Waals surface area contributed by atoms with Crippen LogP contribution in [0.5, 0.6) is 0 Å². The fraction of sp³-hybridized carbons (Fsp3) is 0.304. The Kier molecular flexibility index (Phi) is 5.10. The average molecular weight is 431 g/mol. The van der Waals surface area contributed by atoms with Crippen molar-refractivity contribution in [1.29, 1.82) is 0 Å². The van der Waals surface area contributed by atoms with Crippen molar-refractivity contribution >= 4 is 28.4 Å². The second kappa shape index (κ2) is 8.08. The Labute approximate surface area is 185 Å². The molecule has 5 rings (SSSR count). The number of pyridine rings is 1. The fourth-order valence-corrected chi connectivity index (χ4v) is 4.16. The van der Waals surface area contributed by atoms with Gasteiger partial charge in [-0.05, 0) is 49.9 Å². The molecule has 1 aliphatic rings. The molecule has 9 nitrogen and oxygen atoms in total. The Bertz CT molecular complexity index is 1320. The predicted molar refractivity (Wildman–Crippen MR) is 126 cm³/mol. The summed E-state index contributed by atoms with van der Waals surface area (Å²) < 4.78 is 3.20. The molecule has 0 unspecified atom stereocenters. The van der Waals surface area contributed by atoms with Crippen molar-refractivity contribution in [2.45, 2.75) is 6.92 Å². The van der Waals surface area contributed by atoms with Crippen molar-refractivity contribution in [3.63, 3.8) is 0 Å². The van der Waals surface area contributed by atoms with Crippen LogP contribution in [0.2, 0.25) is 0 Å². The van der Waals surface area contributed by atoms with Crippen LogP contribution in [0.3, 0.4) is 0 Å². The van der Waals surface area contributed by atoms with E-state index < -0.39 is 0 Å². The Morgan fingerprint density at radius 2 is 1.81 bits per heavy atom. The molecular weight excluding hydrogens is 404 g/mol. The summed E-state index contributed by atoms with van der Waals surface area (Å²) >= 11 is 0. The average Bonchev–Trinajstić information content (AvgIpc) is 3.05. The SMILES string of the molecule is Cc1cc(Nc2ncc3c(=O)n(C)n(-c4ccccn4)c3n2)ccc1N1CCN(C)CC1. The van der Waals surface area contributed by atoms with Crippen LogP contribution >= 0.6 is 0 Å². The minimum atomic E-state index is -0.162. The zero-order valence-electron chi connectivity index (χ0n) is 18.5. The smallest absolute Gasteiger partial charge is 0.277 e. The monoisotopic (exact) mass is 430 g/mol. The molecule has 0 atom stereocenters. The van der Waals surface area contributed by atoms with Crippen LogP contribution in [-0.2, 0) is 7.05 Å². The molecule has 0 aliphatic carbocycles. The van der Waals surface area contributed by atoms with Gasteiger partial charge in [-0.25, -0.2) is 19.3 Å². The van der Waals surface area contributed by atoms with Gasteiger partial charge in [0.15, 0.2) is 11.5 Å². The molecule has 0 bridgehead atoms. The van der Waals surface area contributed by atoms with Crippen molar-refractivity contribution in [3.05, 3.63) is 64.7 Å². The first-order chi connectivity index (χ1) is 15.5. The maximum Gasteiger partial charge on any atom is 0.277 e. The van der Waals surface area contributed by atoms with Crippen molar-refractivity contribution in [2.75, 3.05) is 43.4 Å². The minimum absolute atomic E-state index is 0.162. The van der Waals surface area contributed by atoms with E-state index in [4.69, 9.17) is 0 Å². The maximum atomic E-state index is 12.7. The van der Waals surface area contributed by atoms with E-state index in [0.29, 0.717) is 22.8 Å². The first-order valence-electron chi connectivity index (χ1n) is 10.7. The quantitative estimate of drug-likeness (QED) is 0.532. The first-order valence-corrected chi connectivity index (χ1v) is 10.7. The highest BCUT2D eigenvalue weighted by atomic mass is 16.1. The van der Waals surface area contributed by atoms with Crippen molar-refractivity contribution < 1.29 is 0 Å². The molecule has 1 aliphatic heterocycles. The molecule has 0 spiro atoms. The molecule has 0 saturated carbocycles. The summed E-state index contributed by atoms with van der Waals surface area (Å²) in [6.07, 6.45) is 3.26. The van der Waals surface area contributed by atoms with Gasteiger partial charge >= 0.3 is 0 Å². The standard InChI is InChI=1S/C23H26N8O/c1-16-14-17(7-8-19(16)30-12-10-28(2)11-13-30)26-23-25-15-18-21(27-23)31(29(3)22(18)32)20-6-4-5-9-24-20/h4-9,14-15H,10-13H2,1-3H3,(H,25,26,27). The van der Waals surface area contributed by atoms with Gasteiger partial charge in [0.2, 0.25) is 5.95 Å². The van der Waals surface area contributed by atoms with Gasteiger partial charge in [-0.2, -0.15) is 4.98 Å². The second-order valence-electron chi connectivity index (χ2n) is 8.18. The third kappa shape index (κ3) is 3.60. The van der Waals surface area contributed by atoms with E-state index in [1.54, 1.807) is 24.1 Å². The molecule has 3 aromatic heterocycles. The van der Waals surface area contributed by atoms with E-state index in [0.717, 1.165) is 31.9 Å². The molecular formula is C23H26N8O. The van der Waals surface area contributed by atoms with Gasteiger partial charge in [-0.3, -0.25) is 4.79 Å². The largest absolute Gasteiger partial charge is 0.369 e. The van der Waals surface area contributed by atoms with E-state index in [1.165, 1.54) is 15.9 Å². The highest BCUT2D eigenvalue weighted by molar-refractivity contribution is 5.77. The van der Waals surface area contributed by atoms with Crippen LogP contribution < -0.4 is 15.8 Å². The number of piperazine rings is 1. The van der Waals surface area contributed by atoms with Crippen LogP contribution in [0.4, 0.5) is 17.3 Å². The zero-order valence-corrected chi connectivity index (χ0v) is 18.5. The summed E-state index contributed by atoms with van der Waals surface area (Å²) in [5.74, 6) is 1.05. The maximum absolute atomic E-state index is 12.7. The molecule has 1 N–H and O–H groups in total. The summed E-state index contributed by atoms with van der Waals surface area (Å²) in [6, 6.07) is 11.9. The normalized spacial score (nSPS) is 14.8. The molecule has 0 amide bonds. The summed E-state index contributed by atoms with van der Waals surface area (Å²) in [4.78, 5) is 30.8. The molecule has 4 aromatic rings. The van der Waals surface area contributed by atoms with Crippen LogP contribution in [0, 0.1) is 6.92 Å².